The molecule has 1 aromatic rings. The number of nitro groups is 2. The Labute approximate surface area is 127 Å². The Kier molecular flexibility index (Phi) is 5.01. The number of halogens is 6. The van der Waals surface area contributed by atoms with Gasteiger partial charge in [0.05, 0.1) is 15.9 Å². The van der Waals surface area contributed by atoms with Gasteiger partial charge in [0.1, 0.15) is 5.69 Å². The molecule has 14 heteroatoms. The maximum Gasteiger partial charge on any atom is 0.409 e. The Bertz CT molecular complexity index is 673. The van der Waals surface area contributed by atoms with Crippen LogP contribution in [0.3, 0.4) is 0 Å². The third-order valence-electron chi connectivity index (χ3n) is 2.56. The van der Waals surface area contributed by atoms with Crippen molar-refractivity contribution < 1.29 is 41.0 Å². The van der Waals surface area contributed by atoms with Gasteiger partial charge in [-0.25, -0.2) is 0 Å². The van der Waals surface area contributed by atoms with Crippen molar-refractivity contribution >= 4 is 23.0 Å². The molecular formula is C10H5F6N3O5. The van der Waals surface area contributed by atoms with Gasteiger partial charge in [0.15, 0.2) is 0 Å². The Morgan fingerprint density at radius 1 is 1.00 bits per heavy atom. The predicted molar refractivity (Wildman–Crippen MR) is 64.0 cm³/mol. The van der Waals surface area contributed by atoms with E-state index in [4.69, 9.17) is 0 Å². The molecule has 24 heavy (non-hydrogen) atoms. The van der Waals surface area contributed by atoms with Crippen LogP contribution in [0, 0.1) is 26.1 Å². The van der Waals surface area contributed by atoms with E-state index in [2.05, 4.69) is 0 Å². The summed E-state index contributed by atoms with van der Waals surface area (Å²) < 4.78 is 74.4. The topological polar surface area (TPSA) is 115 Å². The molecule has 0 aliphatic heterocycles. The second kappa shape index (κ2) is 6.29. The standard InChI is InChI=1S/C10H5F6N3O5/c11-9(12,13)7(10(14,15)16)8(20)17-5-2-1-4(18(21)22)3-6(5)19(23)24/h1-3,7H,(H,17,20). The van der Waals surface area contributed by atoms with Gasteiger partial charge < -0.3 is 5.32 Å². The lowest BCUT2D eigenvalue weighted by Crippen LogP contribution is -2.45. The van der Waals surface area contributed by atoms with Crippen LogP contribution in [0.4, 0.5) is 43.4 Å². The SMILES string of the molecule is O=C(Nc1ccc([N+](=O)[O-])cc1[N+](=O)[O-])C(C(F)(F)F)C(F)(F)F. The molecule has 8 nitrogen and oxygen atoms in total. The minimum absolute atomic E-state index is 0.284. The van der Waals surface area contributed by atoms with Crippen LogP contribution in [0.5, 0.6) is 0 Å². The van der Waals surface area contributed by atoms with Crippen molar-refractivity contribution in [3.63, 3.8) is 0 Å². The number of benzene rings is 1. The van der Waals surface area contributed by atoms with Gasteiger partial charge in [-0.1, -0.05) is 0 Å². The molecule has 0 heterocycles. The maximum atomic E-state index is 12.4. The van der Waals surface area contributed by atoms with Crippen LogP contribution in [0.2, 0.25) is 0 Å². The second-order valence-corrected chi connectivity index (χ2v) is 4.22. The fourth-order valence-corrected chi connectivity index (χ4v) is 1.58. The summed E-state index contributed by atoms with van der Waals surface area (Å²) in [4.78, 5) is 30.1. The predicted octanol–water partition coefficient (Wildman–Crippen LogP) is 3.18. The van der Waals surface area contributed by atoms with Gasteiger partial charge in [-0.3, -0.25) is 25.0 Å². The lowest BCUT2D eigenvalue weighted by atomic mass is 10.1. The van der Waals surface area contributed by atoms with Gasteiger partial charge in [-0.05, 0) is 6.07 Å². The Morgan fingerprint density at radius 3 is 1.88 bits per heavy atom. The fraction of sp³-hybridized carbons (Fsp3) is 0.300. The summed E-state index contributed by atoms with van der Waals surface area (Å²) in [5.74, 6) is -7.02. The van der Waals surface area contributed by atoms with Crippen molar-refractivity contribution in [2.24, 2.45) is 5.92 Å². The number of nitrogens with one attached hydrogen (secondary N) is 1. The largest absolute Gasteiger partial charge is 0.409 e. The molecule has 0 saturated carbocycles. The highest BCUT2D eigenvalue weighted by Crippen LogP contribution is 2.40. The number of hydrogen-bond donors (Lipinski definition) is 1. The minimum atomic E-state index is -5.99. The molecule has 1 N–H and O–H groups in total. The zero-order valence-corrected chi connectivity index (χ0v) is 11.0. The van der Waals surface area contributed by atoms with Gasteiger partial charge in [0.25, 0.3) is 11.4 Å². The van der Waals surface area contributed by atoms with Crippen LogP contribution in [0.15, 0.2) is 18.2 Å². The number of hydrogen-bond acceptors (Lipinski definition) is 5. The molecule has 1 amide bonds. The van der Waals surface area contributed by atoms with E-state index < -0.39 is 51.1 Å². The molecular weight excluding hydrogens is 356 g/mol. The highest BCUT2D eigenvalue weighted by molar-refractivity contribution is 5.95. The number of nitro benzene ring substituents is 2. The molecule has 0 fully saturated rings. The molecule has 0 aliphatic carbocycles. The molecule has 0 atom stereocenters. The van der Waals surface area contributed by atoms with E-state index >= 15 is 0 Å². The average molecular weight is 361 g/mol. The minimum Gasteiger partial charge on any atom is -0.320 e. The molecule has 0 bridgehead atoms. The summed E-state index contributed by atoms with van der Waals surface area (Å²) in [7, 11) is 0. The van der Waals surface area contributed by atoms with Crippen LogP contribution < -0.4 is 5.32 Å². The Morgan fingerprint density at radius 2 is 1.50 bits per heavy atom. The van der Waals surface area contributed by atoms with Crippen molar-refractivity contribution in [1.82, 2.24) is 0 Å². The summed E-state index contributed by atoms with van der Waals surface area (Å²) in [6.45, 7) is 0. The van der Waals surface area contributed by atoms with Gasteiger partial charge >= 0.3 is 12.4 Å². The van der Waals surface area contributed by atoms with Gasteiger partial charge in [0.2, 0.25) is 11.8 Å². The number of carbonyl (C=O) groups excluding carboxylic acids is 1. The number of nitrogens with zero attached hydrogens (tertiary/aromatic N) is 2. The normalized spacial score (nSPS) is 12.1. The molecule has 1 aromatic carbocycles. The molecule has 0 aliphatic rings. The monoisotopic (exact) mass is 361 g/mol. The first-order chi connectivity index (χ1) is 10.7. The summed E-state index contributed by atoms with van der Waals surface area (Å²) >= 11 is 0. The van der Waals surface area contributed by atoms with Crippen LogP contribution >= 0.6 is 0 Å². The third kappa shape index (κ3) is 4.30. The van der Waals surface area contributed by atoms with E-state index in [1.165, 1.54) is 0 Å². The summed E-state index contributed by atoms with van der Waals surface area (Å²) in [6.07, 6.45) is -12.0. The van der Waals surface area contributed by atoms with Crippen LogP contribution in [-0.4, -0.2) is 28.1 Å². The van der Waals surface area contributed by atoms with Gasteiger partial charge in [-0.15, -0.1) is 0 Å². The Balaban J connectivity index is 3.27. The van der Waals surface area contributed by atoms with Gasteiger partial charge in [0, 0.05) is 6.07 Å². The van der Waals surface area contributed by atoms with Crippen molar-refractivity contribution in [2.75, 3.05) is 5.32 Å². The summed E-state index contributed by atoms with van der Waals surface area (Å²) in [5, 5.41) is 22.3. The van der Waals surface area contributed by atoms with E-state index in [1.807, 2.05) is 0 Å². The second-order valence-electron chi connectivity index (χ2n) is 4.22. The molecule has 0 radical (unpaired) electrons. The number of non-ortho nitro benzene ring substituents is 1. The van der Waals surface area contributed by atoms with Crippen LogP contribution in [-0.2, 0) is 4.79 Å². The molecule has 1 rings (SSSR count). The lowest BCUT2D eigenvalue weighted by Gasteiger charge is -2.21. The first-order valence-electron chi connectivity index (χ1n) is 5.62. The van der Waals surface area contributed by atoms with E-state index in [1.54, 1.807) is 0 Å². The van der Waals surface area contributed by atoms with E-state index in [-0.39, 0.29) is 6.07 Å². The van der Waals surface area contributed by atoms with Crippen molar-refractivity contribution in [3.05, 3.63) is 38.4 Å². The highest BCUT2D eigenvalue weighted by atomic mass is 19.4. The molecule has 0 unspecified atom stereocenters. The number of amides is 1. The van der Waals surface area contributed by atoms with E-state index in [0.717, 1.165) is 5.32 Å². The highest BCUT2D eigenvalue weighted by Gasteiger charge is 2.61. The average Bonchev–Trinajstić information content (AvgIpc) is 2.34. The Hall–Kier alpha value is -2.93. The molecule has 132 valence electrons. The summed E-state index contributed by atoms with van der Waals surface area (Å²) in [5.41, 5.74) is -3.13. The molecule has 0 aromatic heterocycles. The maximum absolute atomic E-state index is 12.4. The smallest absolute Gasteiger partial charge is 0.320 e. The van der Waals surface area contributed by atoms with Crippen molar-refractivity contribution in [3.8, 4) is 0 Å². The number of rotatable bonds is 4. The first kappa shape index (κ1) is 19.1. The van der Waals surface area contributed by atoms with Crippen molar-refractivity contribution in [2.45, 2.75) is 12.4 Å². The fourth-order valence-electron chi connectivity index (χ4n) is 1.58. The number of anilines is 1. The first-order valence-corrected chi connectivity index (χ1v) is 5.62. The van der Waals surface area contributed by atoms with Crippen LogP contribution in [0.1, 0.15) is 0 Å². The van der Waals surface area contributed by atoms with E-state index in [0.29, 0.717) is 12.1 Å². The number of carbonyl (C=O) groups is 1. The third-order valence-corrected chi connectivity index (χ3v) is 2.56. The quantitative estimate of drug-likeness (QED) is 0.502. The summed E-state index contributed by atoms with van der Waals surface area (Å²) in [6, 6.07) is 1.31. The molecule has 0 spiro atoms. The van der Waals surface area contributed by atoms with Crippen LogP contribution in [0.25, 0.3) is 0 Å². The lowest BCUT2D eigenvalue weighted by molar-refractivity contribution is -0.393. The zero-order valence-electron chi connectivity index (χ0n) is 11.0. The number of alkyl halides is 6. The van der Waals surface area contributed by atoms with Gasteiger partial charge in [-0.2, -0.15) is 26.3 Å². The molecule has 0 saturated heterocycles. The van der Waals surface area contributed by atoms with Crippen molar-refractivity contribution in [1.29, 1.82) is 0 Å². The zero-order chi connectivity index (χ0) is 18.9. The van der Waals surface area contributed by atoms with E-state index in [9.17, 15) is 51.4 Å².